The van der Waals surface area contributed by atoms with Crippen LogP contribution in [0.3, 0.4) is 0 Å². The summed E-state index contributed by atoms with van der Waals surface area (Å²) in [5.74, 6) is 0.636. The van der Waals surface area contributed by atoms with E-state index in [1.54, 1.807) is 0 Å². The van der Waals surface area contributed by atoms with E-state index in [4.69, 9.17) is 0 Å². The topological polar surface area (TPSA) is 0 Å². The summed E-state index contributed by atoms with van der Waals surface area (Å²) in [6.45, 7) is 4.35. The molecule has 0 heterocycles. The highest BCUT2D eigenvalue weighted by Gasteiger charge is 2.10. The molecule has 2 aromatic carbocycles. The summed E-state index contributed by atoms with van der Waals surface area (Å²) < 4.78 is 1.14. The second kappa shape index (κ2) is 7.42. The van der Waals surface area contributed by atoms with E-state index in [0.29, 0.717) is 5.92 Å². The first kappa shape index (κ1) is 15.8. The van der Waals surface area contributed by atoms with Gasteiger partial charge in [-0.2, -0.15) is 0 Å². The Labute approximate surface area is 138 Å². The summed E-state index contributed by atoms with van der Waals surface area (Å²) in [7, 11) is 0. The molecule has 1 atom stereocenters. The highest BCUT2D eigenvalue weighted by atomic mass is 79.9. The first-order chi connectivity index (χ1) is 9.56. The lowest BCUT2D eigenvalue weighted by atomic mass is 9.93. The van der Waals surface area contributed by atoms with Crippen molar-refractivity contribution in [3.05, 3.63) is 69.2 Å². The van der Waals surface area contributed by atoms with Gasteiger partial charge in [-0.15, -0.1) is 0 Å². The maximum atomic E-state index is 3.67. The number of hydrogen-bond donors (Lipinski definition) is 0. The van der Waals surface area contributed by atoms with Crippen LogP contribution in [0.4, 0.5) is 0 Å². The molecule has 106 valence electrons. The molecule has 0 saturated heterocycles. The normalized spacial score (nSPS) is 12.4. The van der Waals surface area contributed by atoms with Crippen molar-refractivity contribution in [2.75, 3.05) is 5.33 Å². The predicted molar refractivity (Wildman–Crippen MR) is 94.8 cm³/mol. The molecular formula is C18H20Br2. The second-order valence-electron chi connectivity index (χ2n) is 5.55. The van der Waals surface area contributed by atoms with Gasteiger partial charge in [-0.05, 0) is 55.9 Å². The number of hydrogen-bond acceptors (Lipinski definition) is 0. The fraction of sp³-hybridized carbons (Fsp3) is 0.333. The number of rotatable bonds is 5. The van der Waals surface area contributed by atoms with E-state index >= 15 is 0 Å². The Morgan fingerprint density at radius 2 is 1.40 bits per heavy atom. The minimum Gasteiger partial charge on any atom is -0.0925 e. The number of halogens is 2. The molecule has 20 heavy (non-hydrogen) atoms. The zero-order valence-corrected chi connectivity index (χ0v) is 15.2. The molecule has 0 nitrogen and oxygen atoms in total. The van der Waals surface area contributed by atoms with Gasteiger partial charge >= 0.3 is 0 Å². The van der Waals surface area contributed by atoms with Gasteiger partial charge in [0.2, 0.25) is 0 Å². The van der Waals surface area contributed by atoms with Gasteiger partial charge < -0.3 is 0 Å². The summed E-state index contributed by atoms with van der Waals surface area (Å²) in [6.07, 6.45) is 2.25. The molecule has 2 heteroatoms. The van der Waals surface area contributed by atoms with Crippen molar-refractivity contribution in [1.29, 1.82) is 0 Å². The van der Waals surface area contributed by atoms with E-state index in [0.717, 1.165) is 22.6 Å². The third kappa shape index (κ3) is 4.75. The van der Waals surface area contributed by atoms with Crippen LogP contribution in [0.5, 0.6) is 0 Å². The fourth-order valence-electron chi connectivity index (χ4n) is 2.66. The van der Waals surface area contributed by atoms with Crippen molar-refractivity contribution < 1.29 is 0 Å². The van der Waals surface area contributed by atoms with Crippen LogP contribution in [0.2, 0.25) is 0 Å². The van der Waals surface area contributed by atoms with E-state index in [-0.39, 0.29) is 0 Å². The van der Waals surface area contributed by atoms with Crippen LogP contribution in [0.1, 0.15) is 22.3 Å². The lowest BCUT2D eigenvalue weighted by molar-refractivity contribution is 0.591. The zero-order chi connectivity index (χ0) is 14.5. The van der Waals surface area contributed by atoms with Crippen LogP contribution in [0, 0.1) is 19.8 Å². The van der Waals surface area contributed by atoms with Crippen molar-refractivity contribution >= 4 is 31.9 Å². The van der Waals surface area contributed by atoms with Gasteiger partial charge in [0, 0.05) is 9.80 Å². The quantitative estimate of drug-likeness (QED) is 0.556. The lowest BCUT2D eigenvalue weighted by Gasteiger charge is -2.15. The zero-order valence-electron chi connectivity index (χ0n) is 12.0. The Hall–Kier alpha value is -0.600. The van der Waals surface area contributed by atoms with E-state index in [9.17, 15) is 0 Å². The smallest absolute Gasteiger partial charge is 0.0175 e. The molecule has 0 radical (unpaired) electrons. The third-order valence-electron chi connectivity index (χ3n) is 3.46. The molecule has 0 bridgehead atoms. The standard InChI is InChI=1S/C18H20Br2/c1-13-7-14(2)9-16(8-13)11-17(12-19)10-15-3-5-18(20)6-4-15/h3-9,17H,10-12H2,1-2H3. The number of benzene rings is 2. The average Bonchev–Trinajstić information content (AvgIpc) is 2.39. The Morgan fingerprint density at radius 3 is 1.95 bits per heavy atom. The molecule has 2 rings (SSSR count). The molecule has 0 aliphatic rings. The highest BCUT2D eigenvalue weighted by Crippen LogP contribution is 2.20. The maximum Gasteiger partial charge on any atom is 0.0175 e. The second-order valence-corrected chi connectivity index (χ2v) is 7.11. The van der Waals surface area contributed by atoms with Crippen LogP contribution in [0.25, 0.3) is 0 Å². The molecule has 1 unspecified atom stereocenters. The van der Waals surface area contributed by atoms with Gasteiger partial charge in [-0.1, -0.05) is 73.3 Å². The molecule has 0 amide bonds. The van der Waals surface area contributed by atoms with Crippen LogP contribution >= 0.6 is 31.9 Å². The van der Waals surface area contributed by atoms with Gasteiger partial charge in [0.25, 0.3) is 0 Å². The monoisotopic (exact) mass is 394 g/mol. The van der Waals surface area contributed by atoms with Crippen molar-refractivity contribution in [2.45, 2.75) is 26.7 Å². The summed E-state index contributed by atoms with van der Waals surface area (Å²) in [4.78, 5) is 0. The molecule has 0 aliphatic heterocycles. The molecule has 0 saturated carbocycles. The number of aryl methyl sites for hydroxylation is 2. The highest BCUT2D eigenvalue weighted by molar-refractivity contribution is 9.10. The predicted octanol–water partition coefficient (Wildman–Crippen LogP) is 5.86. The first-order valence-electron chi connectivity index (χ1n) is 6.94. The molecule has 0 N–H and O–H groups in total. The van der Waals surface area contributed by atoms with E-state index in [1.165, 1.54) is 22.3 Å². The fourth-order valence-corrected chi connectivity index (χ4v) is 3.38. The van der Waals surface area contributed by atoms with Crippen LogP contribution in [-0.4, -0.2) is 5.33 Å². The summed E-state index contributed by atoms with van der Waals surface area (Å²) in [5, 5.41) is 1.04. The summed E-state index contributed by atoms with van der Waals surface area (Å²) in [5.41, 5.74) is 5.57. The van der Waals surface area contributed by atoms with Gasteiger partial charge in [0.1, 0.15) is 0 Å². The SMILES string of the molecule is Cc1cc(C)cc(CC(CBr)Cc2ccc(Br)cc2)c1. The Kier molecular flexibility index (Phi) is 5.86. The van der Waals surface area contributed by atoms with Gasteiger partial charge in [-0.3, -0.25) is 0 Å². The van der Waals surface area contributed by atoms with Gasteiger partial charge in [-0.25, -0.2) is 0 Å². The third-order valence-corrected chi connectivity index (χ3v) is 4.91. The van der Waals surface area contributed by atoms with Crippen LogP contribution in [0.15, 0.2) is 46.9 Å². The maximum absolute atomic E-state index is 3.67. The van der Waals surface area contributed by atoms with E-state index in [2.05, 4.69) is 88.2 Å². The minimum atomic E-state index is 0.636. The Morgan fingerprint density at radius 1 is 0.850 bits per heavy atom. The minimum absolute atomic E-state index is 0.636. The van der Waals surface area contributed by atoms with E-state index in [1.807, 2.05) is 0 Å². The Bertz CT molecular complexity index is 538. The van der Waals surface area contributed by atoms with Crippen LogP contribution < -0.4 is 0 Å². The molecule has 0 fully saturated rings. The van der Waals surface area contributed by atoms with Crippen molar-refractivity contribution in [1.82, 2.24) is 0 Å². The van der Waals surface area contributed by atoms with Gasteiger partial charge in [0.15, 0.2) is 0 Å². The largest absolute Gasteiger partial charge is 0.0925 e. The molecule has 2 aromatic rings. The van der Waals surface area contributed by atoms with Crippen LogP contribution in [-0.2, 0) is 12.8 Å². The van der Waals surface area contributed by atoms with Crippen molar-refractivity contribution in [3.8, 4) is 0 Å². The van der Waals surface area contributed by atoms with Gasteiger partial charge in [0.05, 0.1) is 0 Å². The number of alkyl halides is 1. The molecule has 0 spiro atoms. The first-order valence-corrected chi connectivity index (χ1v) is 8.86. The van der Waals surface area contributed by atoms with Crippen molar-refractivity contribution in [2.24, 2.45) is 5.92 Å². The lowest BCUT2D eigenvalue weighted by Crippen LogP contribution is -2.10. The average molecular weight is 396 g/mol. The van der Waals surface area contributed by atoms with E-state index < -0.39 is 0 Å². The summed E-state index contributed by atoms with van der Waals surface area (Å²) >= 11 is 7.16. The molecular weight excluding hydrogens is 376 g/mol. The molecule has 0 aliphatic carbocycles. The Balaban J connectivity index is 2.06. The van der Waals surface area contributed by atoms with Crippen molar-refractivity contribution in [3.63, 3.8) is 0 Å². The summed E-state index contributed by atoms with van der Waals surface area (Å²) in [6, 6.07) is 15.5. The molecule has 0 aromatic heterocycles.